The van der Waals surface area contributed by atoms with Gasteiger partial charge < -0.3 is 9.47 Å². The second kappa shape index (κ2) is 12.8. The average Bonchev–Trinajstić information content (AvgIpc) is 3.84. The monoisotopic (exact) mass is 780 g/mol. The second-order valence-corrected chi connectivity index (χ2v) is 15.4. The minimum Gasteiger partial charge on any atom is -0.458 e. The lowest BCUT2D eigenvalue weighted by molar-refractivity contribution is 0.465. The van der Waals surface area contributed by atoms with Gasteiger partial charge in [-0.25, -0.2) is 0 Å². The molecule has 0 radical (unpaired) electrons. The molecular weight excluding hydrogens is 751 g/mol. The van der Waals surface area contributed by atoms with E-state index in [0.29, 0.717) is 40.3 Å². The van der Waals surface area contributed by atoms with E-state index in [1.165, 1.54) is 0 Å². The van der Waals surface area contributed by atoms with Crippen LogP contribution in [0.5, 0.6) is 23.0 Å². The van der Waals surface area contributed by atoms with E-state index in [1.54, 1.807) is 0 Å². The van der Waals surface area contributed by atoms with E-state index in [9.17, 15) is 5.26 Å². The Kier molecular flexibility index (Phi) is 7.01. The number of hydrogen-bond donors (Lipinski definition) is 0. The van der Waals surface area contributed by atoms with Crippen molar-refractivity contribution >= 4 is 66.7 Å². The molecule has 8 nitrogen and oxygen atoms in total. The highest BCUT2D eigenvalue weighted by atomic mass is 16.5. The highest BCUT2D eigenvalue weighted by Gasteiger charge is 2.42. The summed E-state index contributed by atoms with van der Waals surface area (Å²) in [5, 5.41) is 15.2. The van der Waals surface area contributed by atoms with Gasteiger partial charge in [0.25, 0.3) is 6.71 Å². The Morgan fingerprint density at radius 3 is 1.48 bits per heavy atom. The predicted molar refractivity (Wildman–Crippen MR) is 242 cm³/mol. The number of nitrogens with zero attached hydrogens (tertiary/aromatic N) is 6. The Labute approximate surface area is 349 Å². The summed E-state index contributed by atoms with van der Waals surface area (Å²) in [7, 11) is 0. The van der Waals surface area contributed by atoms with E-state index in [4.69, 9.17) is 24.4 Å². The topological polar surface area (TPSA) is 90.8 Å². The van der Waals surface area contributed by atoms with Crippen LogP contribution in [0.25, 0.3) is 78.0 Å². The molecule has 8 aromatic carbocycles. The Hall–Kier alpha value is -8.48. The molecule has 0 unspecified atom stereocenters. The van der Waals surface area contributed by atoms with Crippen LogP contribution in [0.2, 0.25) is 0 Å². The summed E-state index contributed by atoms with van der Waals surface area (Å²) in [6.07, 6.45) is 0. The first kappa shape index (κ1) is 33.5. The molecule has 3 aromatic heterocycles. The molecule has 61 heavy (non-hydrogen) atoms. The predicted octanol–water partition coefficient (Wildman–Crippen LogP) is 10.00. The van der Waals surface area contributed by atoms with E-state index in [2.05, 4.69) is 106 Å². The van der Waals surface area contributed by atoms with Gasteiger partial charge >= 0.3 is 0 Å². The lowest BCUT2D eigenvalue weighted by atomic mass is 9.34. The molecule has 0 amide bonds. The van der Waals surface area contributed by atoms with Crippen molar-refractivity contribution in [2.24, 2.45) is 0 Å². The van der Waals surface area contributed by atoms with Gasteiger partial charge in [0.05, 0.1) is 27.6 Å². The second-order valence-electron chi connectivity index (χ2n) is 15.4. The molecule has 13 rings (SSSR count). The molecule has 0 fully saturated rings. The summed E-state index contributed by atoms with van der Waals surface area (Å²) in [6.45, 7) is -0.138. The largest absolute Gasteiger partial charge is 0.458 e. The van der Waals surface area contributed by atoms with Crippen molar-refractivity contribution in [2.45, 2.75) is 0 Å². The number of aromatic nitrogens is 5. The number of benzene rings is 8. The van der Waals surface area contributed by atoms with E-state index >= 15 is 0 Å². The first-order valence-electron chi connectivity index (χ1n) is 20.2. The van der Waals surface area contributed by atoms with E-state index in [1.807, 2.05) is 84.9 Å². The van der Waals surface area contributed by atoms with Crippen LogP contribution in [-0.2, 0) is 0 Å². The maximum Gasteiger partial charge on any atom is 0.260 e. The van der Waals surface area contributed by atoms with Gasteiger partial charge in [-0.15, -0.1) is 0 Å². The van der Waals surface area contributed by atoms with Gasteiger partial charge in [-0.1, -0.05) is 127 Å². The van der Waals surface area contributed by atoms with Crippen LogP contribution in [0.4, 0.5) is 0 Å². The summed E-state index contributed by atoms with van der Waals surface area (Å²) < 4.78 is 17.6. The first-order chi connectivity index (χ1) is 30.2. The molecule has 0 N–H and O–H groups in total. The highest BCUT2D eigenvalue weighted by Crippen LogP contribution is 2.44. The van der Waals surface area contributed by atoms with Gasteiger partial charge in [0.15, 0.2) is 5.82 Å². The standard InChI is InChI=1S/C52H29BN6O2/c54-30-33-29-46-48-49(61-45-27-12-6-21-39(45)53(48)38-20-5-11-26-44(38)60-46)47(33)31-14-13-15-32(28-31)50-55-51(58-40-22-7-1-16-34(40)35-17-2-8-23-41(35)58)57-52(56-50)59-42-24-9-3-18-36(42)37-19-4-10-25-43(37)59/h1-29H. The lowest BCUT2D eigenvalue weighted by Gasteiger charge is -2.34. The molecule has 0 aliphatic carbocycles. The quantitative estimate of drug-likeness (QED) is 0.165. The zero-order valence-electron chi connectivity index (χ0n) is 32.3. The third-order valence-electron chi connectivity index (χ3n) is 12.2. The zero-order chi connectivity index (χ0) is 40.2. The molecule has 0 saturated heterocycles. The molecule has 0 atom stereocenters. The Bertz CT molecular complexity index is 3460. The van der Waals surface area contributed by atoms with Gasteiger partial charge in [-0.3, -0.25) is 9.13 Å². The summed E-state index contributed by atoms with van der Waals surface area (Å²) in [5.74, 6) is 4.21. The van der Waals surface area contributed by atoms with Crippen LogP contribution in [0, 0.1) is 11.3 Å². The van der Waals surface area contributed by atoms with E-state index < -0.39 is 0 Å². The van der Waals surface area contributed by atoms with Crippen LogP contribution >= 0.6 is 0 Å². The fraction of sp³-hybridized carbons (Fsp3) is 0. The molecule has 5 heterocycles. The maximum absolute atomic E-state index is 10.8. The number of hydrogen-bond acceptors (Lipinski definition) is 6. The summed E-state index contributed by atoms with van der Waals surface area (Å²) >= 11 is 0. The van der Waals surface area contributed by atoms with Gasteiger partial charge in [0, 0.05) is 38.1 Å². The van der Waals surface area contributed by atoms with Crippen LogP contribution < -0.4 is 25.9 Å². The van der Waals surface area contributed by atoms with Crippen LogP contribution in [0.1, 0.15) is 5.56 Å². The summed E-state index contributed by atoms with van der Waals surface area (Å²) in [6, 6.07) is 62.0. The minimum absolute atomic E-state index is 0.138. The molecule has 2 aliphatic heterocycles. The third-order valence-corrected chi connectivity index (χ3v) is 12.2. The molecular formula is C52H29BN6O2. The summed E-state index contributed by atoms with van der Waals surface area (Å²) in [4.78, 5) is 15.9. The minimum atomic E-state index is -0.138. The third kappa shape index (κ3) is 4.84. The molecule has 0 saturated carbocycles. The van der Waals surface area contributed by atoms with Gasteiger partial charge in [-0.05, 0) is 65.0 Å². The van der Waals surface area contributed by atoms with Crippen molar-refractivity contribution in [3.63, 3.8) is 0 Å². The molecule has 11 aromatic rings. The SMILES string of the molecule is N#Cc1cc2c3c(c1-c1cccc(-c4nc(-n5c6ccccc6c6ccccc65)nc(-n5c6ccccc6c6ccccc65)n4)c1)Oc1ccccc1B3c1ccccc1O2. The van der Waals surface area contributed by atoms with Crippen molar-refractivity contribution < 1.29 is 9.47 Å². The molecule has 282 valence electrons. The summed E-state index contributed by atoms with van der Waals surface area (Å²) in [5.41, 5.74) is 9.65. The van der Waals surface area contributed by atoms with Gasteiger partial charge in [0.1, 0.15) is 29.1 Å². The van der Waals surface area contributed by atoms with Crippen molar-refractivity contribution in [2.75, 3.05) is 0 Å². The van der Waals surface area contributed by atoms with Crippen molar-refractivity contribution in [1.29, 1.82) is 5.26 Å². The van der Waals surface area contributed by atoms with Crippen molar-refractivity contribution in [1.82, 2.24) is 24.1 Å². The number of nitriles is 1. The highest BCUT2D eigenvalue weighted by molar-refractivity contribution is 6.98. The van der Waals surface area contributed by atoms with Crippen LogP contribution in [0.3, 0.4) is 0 Å². The Morgan fingerprint density at radius 2 is 0.934 bits per heavy atom. The van der Waals surface area contributed by atoms with Crippen molar-refractivity contribution in [3.8, 4) is 63.5 Å². The molecule has 0 bridgehead atoms. The fourth-order valence-electron chi connectivity index (χ4n) is 9.59. The van der Waals surface area contributed by atoms with Crippen LogP contribution in [-0.4, -0.2) is 30.8 Å². The fourth-order valence-corrected chi connectivity index (χ4v) is 9.59. The number of rotatable bonds is 4. The Morgan fingerprint density at radius 1 is 0.459 bits per heavy atom. The average molecular weight is 781 g/mol. The Balaban J connectivity index is 1.06. The first-order valence-corrected chi connectivity index (χ1v) is 20.2. The van der Waals surface area contributed by atoms with E-state index in [0.717, 1.165) is 82.6 Å². The van der Waals surface area contributed by atoms with Crippen molar-refractivity contribution in [3.05, 3.63) is 181 Å². The van der Waals surface area contributed by atoms with E-state index in [-0.39, 0.29) is 6.71 Å². The van der Waals surface area contributed by atoms with Gasteiger partial charge in [-0.2, -0.15) is 20.2 Å². The normalized spacial score (nSPS) is 12.5. The van der Waals surface area contributed by atoms with Crippen LogP contribution in [0.15, 0.2) is 176 Å². The molecule has 2 aliphatic rings. The lowest BCUT2D eigenvalue weighted by Crippen LogP contribution is -2.57. The maximum atomic E-state index is 10.8. The number of para-hydroxylation sites is 6. The molecule has 0 spiro atoms. The number of fused-ring (bicyclic) bond motifs is 10. The molecule has 9 heteroatoms. The van der Waals surface area contributed by atoms with Gasteiger partial charge in [0.2, 0.25) is 11.9 Å². The number of ether oxygens (including phenoxy) is 2. The zero-order valence-corrected chi connectivity index (χ0v) is 32.3. The smallest absolute Gasteiger partial charge is 0.260 e.